The molecule has 2 aromatic heterocycles. The summed E-state index contributed by atoms with van der Waals surface area (Å²) in [5.74, 6) is -0.794. The van der Waals surface area contributed by atoms with Crippen LogP contribution in [0.4, 0.5) is 10.3 Å². The molecule has 4 aromatic rings. The number of fused-ring (bicyclic) bond motifs is 1. The highest BCUT2D eigenvalue weighted by atomic mass is 19.1. The standard InChI is InChI=1S/C25H27FN6O3/c1-15(2)32-21-6-4-3-5-20(21)24(16-7-9-17(26)10-8-16)22(32)12-11-18(33)13-19(34)14-23(35)27-25-28-30-31-29-25/h3-12,15,18-19,33-34H,13-14H2,1-2H3,(H2,27,28,29,30,31,35)/b12-11+/t18-,19-/m0/s1. The average Bonchev–Trinajstić information content (AvgIpc) is 3.43. The van der Waals surface area contributed by atoms with Gasteiger partial charge in [-0.2, -0.15) is 5.21 Å². The predicted octanol–water partition coefficient (Wildman–Crippen LogP) is 3.70. The van der Waals surface area contributed by atoms with Gasteiger partial charge in [0.15, 0.2) is 0 Å². The Labute approximate surface area is 201 Å². The number of benzene rings is 2. The van der Waals surface area contributed by atoms with Crippen LogP contribution in [0.3, 0.4) is 0 Å². The summed E-state index contributed by atoms with van der Waals surface area (Å²) < 4.78 is 15.8. The lowest BCUT2D eigenvalue weighted by molar-refractivity contribution is -0.118. The number of aliphatic hydroxyl groups excluding tert-OH is 2. The minimum Gasteiger partial charge on any atom is -0.392 e. The Morgan fingerprint density at radius 3 is 2.60 bits per heavy atom. The molecule has 182 valence electrons. The molecular weight excluding hydrogens is 451 g/mol. The maximum Gasteiger partial charge on any atom is 0.269 e. The van der Waals surface area contributed by atoms with E-state index in [9.17, 15) is 19.4 Å². The van der Waals surface area contributed by atoms with Crippen LogP contribution in [0.2, 0.25) is 0 Å². The summed E-state index contributed by atoms with van der Waals surface area (Å²) in [7, 11) is 0. The quantitative estimate of drug-likeness (QED) is 0.290. The summed E-state index contributed by atoms with van der Waals surface area (Å²) in [6, 6.07) is 14.4. The zero-order chi connectivity index (χ0) is 24.9. The van der Waals surface area contributed by atoms with Gasteiger partial charge in [0.05, 0.1) is 18.6 Å². The fourth-order valence-corrected chi connectivity index (χ4v) is 4.17. The molecule has 9 nitrogen and oxygen atoms in total. The van der Waals surface area contributed by atoms with E-state index >= 15 is 0 Å². The SMILES string of the molecule is CC(C)n1c(/C=C/[C@H](O)C[C@H](O)CC(=O)Nc2nn[nH]n2)c(-c2ccc(F)cc2)c2ccccc21. The predicted molar refractivity (Wildman–Crippen MR) is 131 cm³/mol. The van der Waals surface area contributed by atoms with Gasteiger partial charge in [0.1, 0.15) is 5.82 Å². The third-order valence-electron chi connectivity index (χ3n) is 5.61. The fourth-order valence-electron chi connectivity index (χ4n) is 4.17. The zero-order valence-corrected chi connectivity index (χ0v) is 19.4. The molecule has 2 aromatic carbocycles. The molecule has 0 radical (unpaired) electrons. The topological polar surface area (TPSA) is 129 Å². The lowest BCUT2D eigenvalue weighted by Gasteiger charge is -2.15. The second-order valence-corrected chi connectivity index (χ2v) is 8.55. The Hall–Kier alpha value is -3.89. The first-order chi connectivity index (χ1) is 16.8. The molecule has 10 heteroatoms. The van der Waals surface area contributed by atoms with Gasteiger partial charge in [-0.15, -0.1) is 5.10 Å². The fraction of sp³-hybridized carbons (Fsp3) is 0.280. The summed E-state index contributed by atoms with van der Waals surface area (Å²) in [5.41, 5.74) is 3.66. The molecule has 2 atom stereocenters. The second-order valence-electron chi connectivity index (χ2n) is 8.55. The molecular formula is C25H27FN6O3. The number of nitrogens with one attached hydrogen (secondary N) is 2. The molecule has 0 fully saturated rings. The first kappa shape index (κ1) is 24.2. The highest BCUT2D eigenvalue weighted by Gasteiger charge is 2.20. The number of amides is 1. The van der Waals surface area contributed by atoms with Crippen molar-refractivity contribution in [2.24, 2.45) is 0 Å². The van der Waals surface area contributed by atoms with E-state index in [1.165, 1.54) is 12.1 Å². The molecule has 0 aliphatic heterocycles. The Balaban J connectivity index is 1.58. The van der Waals surface area contributed by atoms with E-state index in [1.54, 1.807) is 18.2 Å². The van der Waals surface area contributed by atoms with Crippen molar-refractivity contribution in [2.45, 2.75) is 44.9 Å². The third kappa shape index (κ3) is 5.61. The number of aliphatic hydroxyl groups is 2. The molecule has 0 aliphatic carbocycles. The lowest BCUT2D eigenvalue weighted by Crippen LogP contribution is -2.23. The number of nitrogens with zero attached hydrogens (tertiary/aromatic N) is 4. The van der Waals surface area contributed by atoms with Crippen molar-refractivity contribution >= 4 is 28.8 Å². The van der Waals surface area contributed by atoms with Gasteiger partial charge in [-0.05, 0) is 48.9 Å². The van der Waals surface area contributed by atoms with E-state index in [4.69, 9.17) is 0 Å². The summed E-state index contributed by atoms with van der Waals surface area (Å²) in [5, 5.41) is 37.1. The molecule has 0 bridgehead atoms. The van der Waals surface area contributed by atoms with Crippen molar-refractivity contribution in [3.05, 3.63) is 66.1 Å². The van der Waals surface area contributed by atoms with E-state index in [0.717, 1.165) is 27.7 Å². The Bertz CT molecular complexity index is 1320. The van der Waals surface area contributed by atoms with Crippen molar-refractivity contribution in [3.63, 3.8) is 0 Å². The summed E-state index contributed by atoms with van der Waals surface area (Å²) in [6.45, 7) is 4.14. The molecule has 0 spiro atoms. The number of halogens is 1. The van der Waals surface area contributed by atoms with Crippen LogP contribution in [0.25, 0.3) is 28.1 Å². The van der Waals surface area contributed by atoms with Crippen LogP contribution in [0.1, 0.15) is 38.4 Å². The molecule has 35 heavy (non-hydrogen) atoms. The van der Waals surface area contributed by atoms with Gasteiger partial charge < -0.3 is 14.8 Å². The van der Waals surface area contributed by atoms with Crippen LogP contribution in [0.5, 0.6) is 0 Å². The number of anilines is 1. The van der Waals surface area contributed by atoms with Crippen molar-refractivity contribution in [1.82, 2.24) is 25.2 Å². The third-order valence-corrected chi connectivity index (χ3v) is 5.61. The van der Waals surface area contributed by atoms with Gasteiger partial charge in [0, 0.05) is 34.6 Å². The van der Waals surface area contributed by atoms with E-state index in [2.05, 4.69) is 44.4 Å². The van der Waals surface area contributed by atoms with Gasteiger partial charge in [-0.25, -0.2) is 4.39 Å². The number of hydrogen-bond donors (Lipinski definition) is 4. The maximum absolute atomic E-state index is 13.6. The largest absolute Gasteiger partial charge is 0.392 e. The molecule has 4 rings (SSSR count). The number of para-hydroxylation sites is 1. The number of H-pyrrole nitrogens is 1. The molecule has 1 amide bonds. The molecule has 4 N–H and O–H groups in total. The van der Waals surface area contributed by atoms with Crippen molar-refractivity contribution in [2.75, 3.05) is 5.32 Å². The summed E-state index contributed by atoms with van der Waals surface area (Å²) in [6.07, 6.45) is 1.07. The number of carbonyl (C=O) groups excluding carboxylic acids is 1. The van der Waals surface area contributed by atoms with Gasteiger partial charge >= 0.3 is 0 Å². The van der Waals surface area contributed by atoms with Crippen LogP contribution in [-0.4, -0.2) is 53.5 Å². The zero-order valence-electron chi connectivity index (χ0n) is 19.4. The number of carbonyl (C=O) groups is 1. The van der Waals surface area contributed by atoms with Crippen LogP contribution in [0, 0.1) is 5.82 Å². The number of rotatable bonds is 9. The van der Waals surface area contributed by atoms with Crippen LogP contribution in [-0.2, 0) is 4.79 Å². The van der Waals surface area contributed by atoms with Crippen LogP contribution in [0.15, 0.2) is 54.6 Å². The minimum absolute atomic E-state index is 0.0116. The maximum atomic E-state index is 13.6. The molecule has 0 saturated heterocycles. The Morgan fingerprint density at radius 1 is 1.17 bits per heavy atom. The smallest absolute Gasteiger partial charge is 0.269 e. The molecule has 0 aliphatic rings. The average molecular weight is 479 g/mol. The number of aromatic nitrogens is 5. The van der Waals surface area contributed by atoms with Gasteiger partial charge in [0.2, 0.25) is 5.91 Å². The minimum atomic E-state index is -1.07. The number of tetrazole rings is 1. The number of aromatic amines is 1. The van der Waals surface area contributed by atoms with Gasteiger partial charge in [-0.1, -0.05) is 41.5 Å². The highest BCUT2D eigenvalue weighted by Crippen LogP contribution is 2.38. The van der Waals surface area contributed by atoms with Crippen molar-refractivity contribution in [3.8, 4) is 11.1 Å². The molecule has 0 saturated carbocycles. The van der Waals surface area contributed by atoms with Crippen LogP contribution < -0.4 is 5.32 Å². The Morgan fingerprint density at radius 2 is 1.91 bits per heavy atom. The molecule has 0 unspecified atom stereocenters. The van der Waals surface area contributed by atoms with E-state index in [-0.39, 0.29) is 30.6 Å². The van der Waals surface area contributed by atoms with E-state index < -0.39 is 18.1 Å². The summed E-state index contributed by atoms with van der Waals surface area (Å²) in [4.78, 5) is 12.0. The Kier molecular flexibility index (Phi) is 7.33. The van der Waals surface area contributed by atoms with E-state index in [0.29, 0.717) is 0 Å². The first-order valence-electron chi connectivity index (χ1n) is 11.3. The van der Waals surface area contributed by atoms with Crippen LogP contribution >= 0.6 is 0 Å². The normalized spacial score (nSPS) is 13.5. The number of hydrogen-bond acceptors (Lipinski definition) is 6. The molecule has 2 heterocycles. The van der Waals surface area contributed by atoms with Gasteiger partial charge in [0.25, 0.3) is 5.95 Å². The van der Waals surface area contributed by atoms with Crippen molar-refractivity contribution in [1.29, 1.82) is 0 Å². The highest BCUT2D eigenvalue weighted by molar-refractivity contribution is 6.01. The van der Waals surface area contributed by atoms with Gasteiger partial charge in [-0.3, -0.25) is 10.1 Å². The van der Waals surface area contributed by atoms with E-state index in [1.807, 2.05) is 30.3 Å². The first-order valence-corrected chi connectivity index (χ1v) is 11.3. The van der Waals surface area contributed by atoms with Crippen molar-refractivity contribution < 1.29 is 19.4 Å². The lowest BCUT2D eigenvalue weighted by atomic mass is 10.0. The monoisotopic (exact) mass is 478 g/mol. The second kappa shape index (κ2) is 10.6. The summed E-state index contributed by atoms with van der Waals surface area (Å²) >= 11 is 0.